The fraction of sp³-hybridized carbons (Fsp3) is 0.263. The Kier molecular flexibility index (Phi) is 6.00. The first-order valence-corrected chi connectivity index (χ1v) is 7.84. The van der Waals surface area contributed by atoms with E-state index in [2.05, 4.69) is 0 Å². The highest BCUT2D eigenvalue weighted by molar-refractivity contribution is 5.88. The third kappa shape index (κ3) is 4.09. The number of aromatic carboxylic acids is 1. The molecule has 0 saturated heterocycles. The Labute approximate surface area is 145 Å². The first kappa shape index (κ1) is 18.3. The van der Waals surface area contributed by atoms with Crippen LogP contribution in [0.2, 0.25) is 0 Å². The van der Waals surface area contributed by atoms with Gasteiger partial charge in [0.1, 0.15) is 23.9 Å². The van der Waals surface area contributed by atoms with Gasteiger partial charge in [-0.3, -0.25) is 4.79 Å². The third-order valence-electron chi connectivity index (χ3n) is 3.82. The zero-order valence-corrected chi connectivity index (χ0v) is 14.1. The van der Waals surface area contributed by atoms with E-state index in [0.717, 1.165) is 6.42 Å². The Hall–Kier alpha value is -3.02. The molecule has 25 heavy (non-hydrogen) atoms. The molecule has 0 atom stereocenters. The molecule has 6 nitrogen and oxygen atoms in total. The number of carboxylic acid groups (broad SMARTS) is 1. The van der Waals surface area contributed by atoms with Gasteiger partial charge in [0.15, 0.2) is 6.29 Å². The van der Waals surface area contributed by atoms with Gasteiger partial charge in [0.25, 0.3) is 0 Å². The highest BCUT2D eigenvalue weighted by Crippen LogP contribution is 2.33. The van der Waals surface area contributed by atoms with Crippen LogP contribution in [0.3, 0.4) is 0 Å². The van der Waals surface area contributed by atoms with Crippen LogP contribution in [0.15, 0.2) is 30.3 Å². The zero-order valence-electron chi connectivity index (χ0n) is 14.1. The highest BCUT2D eigenvalue weighted by atomic mass is 16.5. The molecule has 0 spiro atoms. The van der Waals surface area contributed by atoms with E-state index in [0.29, 0.717) is 35.3 Å². The molecular formula is C19H20O6. The van der Waals surface area contributed by atoms with E-state index in [1.54, 1.807) is 12.1 Å². The summed E-state index contributed by atoms with van der Waals surface area (Å²) in [5, 5.41) is 19.2. The SMILES string of the molecule is CCCc1c(OCc2ccc(C(=O)O)cc2OC)ccc(C=O)c1O. The minimum Gasteiger partial charge on any atom is -0.507 e. The van der Waals surface area contributed by atoms with E-state index in [9.17, 15) is 14.7 Å². The molecule has 2 aromatic rings. The fourth-order valence-corrected chi connectivity index (χ4v) is 2.51. The van der Waals surface area contributed by atoms with E-state index in [-0.39, 0.29) is 23.5 Å². The van der Waals surface area contributed by atoms with E-state index < -0.39 is 5.97 Å². The van der Waals surface area contributed by atoms with Crippen LogP contribution < -0.4 is 9.47 Å². The van der Waals surface area contributed by atoms with Crippen LogP contribution in [0.1, 0.15) is 45.2 Å². The maximum absolute atomic E-state index is 11.0. The summed E-state index contributed by atoms with van der Waals surface area (Å²) < 4.78 is 11.0. The fourth-order valence-electron chi connectivity index (χ4n) is 2.51. The molecule has 2 aromatic carbocycles. The normalized spacial score (nSPS) is 10.3. The summed E-state index contributed by atoms with van der Waals surface area (Å²) in [5.41, 5.74) is 1.60. The average molecular weight is 344 g/mol. The lowest BCUT2D eigenvalue weighted by Crippen LogP contribution is -2.04. The smallest absolute Gasteiger partial charge is 0.335 e. The largest absolute Gasteiger partial charge is 0.507 e. The lowest BCUT2D eigenvalue weighted by atomic mass is 10.0. The number of hydrogen-bond donors (Lipinski definition) is 2. The van der Waals surface area contributed by atoms with Crippen molar-refractivity contribution >= 4 is 12.3 Å². The van der Waals surface area contributed by atoms with Gasteiger partial charge in [-0.25, -0.2) is 4.79 Å². The second-order valence-corrected chi connectivity index (χ2v) is 5.47. The average Bonchev–Trinajstić information content (AvgIpc) is 2.62. The number of carboxylic acids is 1. The number of aldehydes is 1. The van der Waals surface area contributed by atoms with Crippen LogP contribution in [0.4, 0.5) is 0 Å². The summed E-state index contributed by atoms with van der Waals surface area (Å²) in [7, 11) is 1.46. The van der Waals surface area contributed by atoms with E-state index in [4.69, 9.17) is 14.6 Å². The minimum atomic E-state index is -1.04. The van der Waals surface area contributed by atoms with Crippen LogP contribution in [-0.2, 0) is 13.0 Å². The van der Waals surface area contributed by atoms with Crippen LogP contribution in [0.25, 0.3) is 0 Å². The number of benzene rings is 2. The van der Waals surface area contributed by atoms with Crippen molar-refractivity contribution in [1.29, 1.82) is 0 Å². The van der Waals surface area contributed by atoms with Gasteiger partial charge < -0.3 is 19.7 Å². The second-order valence-electron chi connectivity index (χ2n) is 5.47. The number of methoxy groups -OCH3 is 1. The number of carbonyl (C=O) groups excluding carboxylic acids is 1. The molecule has 2 N–H and O–H groups in total. The van der Waals surface area contributed by atoms with Crippen molar-refractivity contribution < 1.29 is 29.3 Å². The van der Waals surface area contributed by atoms with Gasteiger partial charge in [-0.15, -0.1) is 0 Å². The third-order valence-corrected chi connectivity index (χ3v) is 3.82. The molecule has 0 aliphatic carbocycles. The Morgan fingerprint density at radius 1 is 1.20 bits per heavy atom. The van der Waals surface area contributed by atoms with Gasteiger partial charge in [0.2, 0.25) is 0 Å². The number of rotatable bonds is 8. The molecule has 0 fully saturated rings. The summed E-state index contributed by atoms with van der Waals surface area (Å²) in [4.78, 5) is 22.0. The molecule has 2 rings (SSSR count). The molecule has 0 radical (unpaired) electrons. The lowest BCUT2D eigenvalue weighted by molar-refractivity contribution is 0.0696. The summed E-state index contributed by atoms with van der Waals surface area (Å²) in [6.45, 7) is 2.10. The van der Waals surface area contributed by atoms with Gasteiger partial charge >= 0.3 is 5.97 Å². The van der Waals surface area contributed by atoms with Crippen molar-refractivity contribution in [3.8, 4) is 17.2 Å². The monoisotopic (exact) mass is 344 g/mol. The molecule has 0 aliphatic rings. The van der Waals surface area contributed by atoms with Gasteiger partial charge in [0, 0.05) is 11.1 Å². The number of carbonyl (C=O) groups is 2. The summed E-state index contributed by atoms with van der Waals surface area (Å²) in [5.74, 6) is -0.215. The summed E-state index contributed by atoms with van der Waals surface area (Å²) in [6, 6.07) is 7.68. The maximum atomic E-state index is 11.0. The quantitative estimate of drug-likeness (QED) is 0.713. The van der Waals surface area contributed by atoms with Crippen molar-refractivity contribution in [3.63, 3.8) is 0 Å². The molecule has 6 heteroatoms. The number of phenols is 1. The Morgan fingerprint density at radius 3 is 2.56 bits per heavy atom. The predicted molar refractivity (Wildman–Crippen MR) is 91.8 cm³/mol. The second kappa shape index (κ2) is 8.19. The number of hydrogen-bond acceptors (Lipinski definition) is 5. The van der Waals surface area contributed by atoms with Crippen LogP contribution >= 0.6 is 0 Å². The van der Waals surface area contributed by atoms with Crippen LogP contribution in [-0.4, -0.2) is 29.6 Å². The van der Waals surface area contributed by atoms with E-state index in [1.165, 1.54) is 25.3 Å². The Balaban J connectivity index is 2.28. The molecule has 0 amide bonds. The number of aromatic hydroxyl groups is 1. The number of ether oxygens (including phenoxy) is 2. The maximum Gasteiger partial charge on any atom is 0.335 e. The van der Waals surface area contributed by atoms with Crippen molar-refractivity contribution in [1.82, 2.24) is 0 Å². The Morgan fingerprint density at radius 2 is 1.96 bits per heavy atom. The zero-order chi connectivity index (χ0) is 18.4. The topological polar surface area (TPSA) is 93.1 Å². The number of phenolic OH excluding ortho intramolecular Hbond substituents is 1. The minimum absolute atomic E-state index is 0.0671. The molecule has 0 unspecified atom stereocenters. The summed E-state index contributed by atoms with van der Waals surface area (Å²) in [6.07, 6.45) is 1.95. The predicted octanol–water partition coefficient (Wildman–Crippen LogP) is 3.44. The first-order chi connectivity index (χ1) is 12.0. The molecule has 0 aromatic heterocycles. The standard InChI is InChI=1S/C19H20O6/c1-3-4-15-16(8-7-13(10-20)18(15)21)25-11-14-6-5-12(19(22)23)9-17(14)24-2/h5-10,21H,3-4,11H2,1-2H3,(H,22,23). The molecule has 0 heterocycles. The van der Waals surface area contributed by atoms with Gasteiger partial charge in [-0.05, 0) is 30.7 Å². The van der Waals surface area contributed by atoms with Crippen molar-refractivity contribution in [3.05, 3.63) is 52.6 Å². The molecule has 0 aliphatic heterocycles. The molecule has 0 saturated carbocycles. The molecule has 132 valence electrons. The molecule has 0 bridgehead atoms. The van der Waals surface area contributed by atoms with Gasteiger partial charge in [0.05, 0.1) is 18.2 Å². The highest BCUT2D eigenvalue weighted by Gasteiger charge is 2.14. The lowest BCUT2D eigenvalue weighted by Gasteiger charge is -2.15. The van der Waals surface area contributed by atoms with Gasteiger partial charge in [-0.2, -0.15) is 0 Å². The van der Waals surface area contributed by atoms with Crippen molar-refractivity contribution in [2.24, 2.45) is 0 Å². The van der Waals surface area contributed by atoms with E-state index in [1.807, 2.05) is 6.92 Å². The van der Waals surface area contributed by atoms with Gasteiger partial charge in [-0.1, -0.05) is 19.4 Å². The molecular weight excluding hydrogens is 324 g/mol. The first-order valence-electron chi connectivity index (χ1n) is 7.84. The van der Waals surface area contributed by atoms with Crippen LogP contribution in [0, 0.1) is 0 Å². The summed E-state index contributed by atoms with van der Waals surface area (Å²) >= 11 is 0. The van der Waals surface area contributed by atoms with Crippen molar-refractivity contribution in [2.45, 2.75) is 26.4 Å². The van der Waals surface area contributed by atoms with Crippen molar-refractivity contribution in [2.75, 3.05) is 7.11 Å². The van der Waals surface area contributed by atoms with E-state index >= 15 is 0 Å². The Bertz CT molecular complexity index is 782. The van der Waals surface area contributed by atoms with Crippen LogP contribution in [0.5, 0.6) is 17.2 Å².